The summed E-state index contributed by atoms with van der Waals surface area (Å²) in [5.74, 6) is -1.19. The Balaban J connectivity index is 2.85. The van der Waals surface area contributed by atoms with Crippen molar-refractivity contribution in [1.82, 2.24) is 0 Å². The Labute approximate surface area is 28.9 Å². The molecule has 0 saturated carbocycles. The summed E-state index contributed by atoms with van der Waals surface area (Å²) < 4.78 is 0. The fraction of sp³-hybridized carbons (Fsp3) is 0.500. The Hall–Kier alpha value is -0.570. The zero-order valence-electron chi connectivity index (χ0n) is 2.51. The van der Waals surface area contributed by atoms with Crippen LogP contribution in [0.5, 0.6) is 0 Å². The van der Waals surface area contributed by atoms with Gasteiger partial charge < -0.3 is 10.2 Å². The molecule has 0 aliphatic heterocycles. The third-order valence-corrected chi connectivity index (χ3v) is 0.135. The Morgan fingerprint density at radius 1 is 1.80 bits per heavy atom. The molecule has 0 atom stereocenters. The standard InChI is InChI=1S/C2H4O3/c3-1-2(4)5/h3H,1H2,(H,4,5)/i2+1. The van der Waals surface area contributed by atoms with Gasteiger partial charge in [0.25, 0.3) is 0 Å². The van der Waals surface area contributed by atoms with Crippen LogP contribution >= 0.6 is 0 Å². The Bertz CT molecular complexity index is 40.2. The van der Waals surface area contributed by atoms with Crippen molar-refractivity contribution in [2.75, 3.05) is 6.61 Å². The molecule has 0 aromatic rings. The number of aliphatic hydroxyl groups is 1. The molecule has 5 heavy (non-hydrogen) atoms. The fourth-order valence-electron chi connectivity index (χ4n) is 0. The van der Waals surface area contributed by atoms with Crippen molar-refractivity contribution in [1.29, 1.82) is 0 Å². The SMILES string of the molecule is O=[13C](O)CO. The summed E-state index contributed by atoms with van der Waals surface area (Å²) in [5.41, 5.74) is 0. The van der Waals surface area contributed by atoms with Crippen LogP contribution in [0, 0.1) is 0 Å². The molecule has 0 fully saturated rings. The highest BCUT2D eigenvalue weighted by Crippen LogP contribution is 1.48. The minimum Gasteiger partial charge on any atom is -0.480 e. The van der Waals surface area contributed by atoms with Crippen LogP contribution in [0.3, 0.4) is 0 Å². The highest BCUT2D eigenvalue weighted by molar-refractivity contribution is 5.67. The molecule has 0 spiro atoms. The van der Waals surface area contributed by atoms with E-state index in [1.165, 1.54) is 0 Å². The van der Waals surface area contributed by atoms with Crippen molar-refractivity contribution in [3.63, 3.8) is 0 Å². The lowest BCUT2D eigenvalue weighted by molar-refractivity contribution is -0.140. The molecular formula is C2H4O3. The highest BCUT2D eigenvalue weighted by Gasteiger charge is 1.82. The van der Waals surface area contributed by atoms with Crippen molar-refractivity contribution in [2.45, 2.75) is 0 Å². The van der Waals surface area contributed by atoms with Gasteiger partial charge in [-0.2, -0.15) is 0 Å². The molecule has 0 unspecified atom stereocenters. The molecule has 0 aromatic carbocycles. The maximum Gasteiger partial charge on any atom is 0.329 e. The lowest BCUT2D eigenvalue weighted by atomic mass is 11.2. The highest BCUT2D eigenvalue weighted by atomic mass is 16.5. The first-order chi connectivity index (χ1) is 2.27. The topological polar surface area (TPSA) is 57.5 Å². The number of aliphatic carboxylic acids is 1. The minimum absolute atomic E-state index is 0.778. The predicted octanol–water partition coefficient (Wildman–Crippen LogP) is -0.937. The lowest BCUT2D eigenvalue weighted by Gasteiger charge is -1.72. The zero-order chi connectivity index (χ0) is 4.28. The van der Waals surface area contributed by atoms with Gasteiger partial charge in [0.1, 0.15) is 6.61 Å². The van der Waals surface area contributed by atoms with Crippen molar-refractivity contribution in [2.24, 2.45) is 0 Å². The molecule has 0 radical (unpaired) electrons. The molecule has 30 valence electrons. The number of aliphatic hydroxyl groups excluding tert-OH is 1. The first-order valence-electron chi connectivity index (χ1n) is 1.10. The van der Waals surface area contributed by atoms with Gasteiger partial charge in [-0.15, -0.1) is 0 Å². The van der Waals surface area contributed by atoms with Crippen molar-refractivity contribution in [3.8, 4) is 0 Å². The van der Waals surface area contributed by atoms with E-state index in [0.29, 0.717) is 0 Å². The molecule has 0 aliphatic rings. The van der Waals surface area contributed by atoms with E-state index in [0.717, 1.165) is 0 Å². The molecule has 3 nitrogen and oxygen atoms in total. The summed E-state index contributed by atoms with van der Waals surface area (Å²) in [6.07, 6.45) is 0. The van der Waals surface area contributed by atoms with E-state index in [1.807, 2.05) is 0 Å². The van der Waals surface area contributed by atoms with Gasteiger partial charge >= 0.3 is 5.97 Å². The molecule has 0 aliphatic carbocycles. The molecule has 2 N–H and O–H groups in total. The molecule has 0 bridgehead atoms. The van der Waals surface area contributed by atoms with Gasteiger partial charge in [0.2, 0.25) is 0 Å². The summed E-state index contributed by atoms with van der Waals surface area (Å²) >= 11 is 0. The number of hydrogen-bond donors (Lipinski definition) is 2. The number of rotatable bonds is 1. The van der Waals surface area contributed by atoms with Crippen LogP contribution in [-0.4, -0.2) is 22.8 Å². The van der Waals surface area contributed by atoms with E-state index >= 15 is 0 Å². The minimum atomic E-state index is -1.19. The molecule has 0 amide bonds. The van der Waals surface area contributed by atoms with Crippen LogP contribution in [0.2, 0.25) is 0 Å². The normalized spacial score (nSPS) is 7.40. The molecule has 0 rings (SSSR count). The molecule has 0 aromatic heterocycles. The van der Waals surface area contributed by atoms with E-state index in [4.69, 9.17) is 15.0 Å². The first kappa shape index (κ1) is 4.43. The van der Waals surface area contributed by atoms with Gasteiger partial charge in [-0.1, -0.05) is 0 Å². The van der Waals surface area contributed by atoms with Crippen molar-refractivity contribution >= 4 is 5.97 Å². The van der Waals surface area contributed by atoms with Crippen LogP contribution in [0.4, 0.5) is 0 Å². The van der Waals surface area contributed by atoms with Gasteiger partial charge in [0.05, 0.1) is 0 Å². The van der Waals surface area contributed by atoms with Crippen LogP contribution in [0.15, 0.2) is 0 Å². The van der Waals surface area contributed by atoms with E-state index in [1.54, 1.807) is 0 Å². The summed E-state index contributed by atoms with van der Waals surface area (Å²) in [7, 11) is 0. The van der Waals surface area contributed by atoms with Gasteiger partial charge in [0.15, 0.2) is 0 Å². The van der Waals surface area contributed by atoms with Crippen LogP contribution in [0.1, 0.15) is 0 Å². The van der Waals surface area contributed by atoms with E-state index in [9.17, 15) is 0 Å². The lowest BCUT2D eigenvalue weighted by Crippen LogP contribution is -1.98. The van der Waals surface area contributed by atoms with Gasteiger partial charge in [0, 0.05) is 0 Å². The maximum absolute atomic E-state index is 9.12. The second-order valence-electron chi connectivity index (χ2n) is 0.552. The summed E-state index contributed by atoms with van der Waals surface area (Å²) in [4.78, 5) is 9.12. The van der Waals surface area contributed by atoms with Gasteiger partial charge in [-0.05, 0) is 0 Å². The number of carboxylic acid groups (broad SMARTS) is 1. The van der Waals surface area contributed by atoms with E-state index in [-0.39, 0.29) is 0 Å². The second kappa shape index (κ2) is 1.72. The van der Waals surface area contributed by atoms with E-state index in [2.05, 4.69) is 0 Å². The van der Waals surface area contributed by atoms with Crippen LogP contribution in [-0.2, 0) is 4.79 Å². The molecule has 0 saturated heterocycles. The first-order valence-corrected chi connectivity index (χ1v) is 1.10. The zero-order valence-corrected chi connectivity index (χ0v) is 2.51. The maximum atomic E-state index is 9.12. The van der Waals surface area contributed by atoms with Gasteiger partial charge in [-0.3, -0.25) is 0 Å². The Morgan fingerprint density at radius 3 is 2.00 bits per heavy atom. The largest absolute Gasteiger partial charge is 0.480 e. The Morgan fingerprint density at radius 2 is 2.00 bits per heavy atom. The van der Waals surface area contributed by atoms with E-state index < -0.39 is 12.6 Å². The summed E-state index contributed by atoms with van der Waals surface area (Å²) in [6, 6.07) is 0. The molecule has 0 heterocycles. The third kappa shape index (κ3) is 3.43. The quantitative estimate of drug-likeness (QED) is 0.397. The molecule has 3 heteroatoms. The molecular weight excluding hydrogens is 73.0 g/mol. The average molecular weight is 77.0 g/mol. The number of carbonyl (C=O) groups is 1. The van der Waals surface area contributed by atoms with Crippen molar-refractivity contribution < 1.29 is 15.0 Å². The number of carboxylic acids is 1. The third-order valence-electron chi connectivity index (χ3n) is 0.135. The van der Waals surface area contributed by atoms with Gasteiger partial charge in [-0.25, -0.2) is 4.79 Å². The monoisotopic (exact) mass is 77.0 g/mol. The van der Waals surface area contributed by atoms with Crippen molar-refractivity contribution in [3.05, 3.63) is 0 Å². The number of hydrogen-bond acceptors (Lipinski definition) is 2. The fourth-order valence-corrected chi connectivity index (χ4v) is 0. The van der Waals surface area contributed by atoms with Crippen LogP contribution in [0.25, 0.3) is 0 Å². The summed E-state index contributed by atoms with van der Waals surface area (Å²) in [5, 5.41) is 15.0. The summed E-state index contributed by atoms with van der Waals surface area (Å²) in [6.45, 7) is -0.778. The average Bonchev–Trinajstić information content (AvgIpc) is 1.38. The van der Waals surface area contributed by atoms with Crippen LogP contribution < -0.4 is 0 Å². The predicted molar refractivity (Wildman–Crippen MR) is 14.7 cm³/mol. The second-order valence-corrected chi connectivity index (χ2v) is 0.552. The Kier molecular flexibility index (Phi) is 1.53. The smallest absolute Gasteiger partial charge is 0.329 e.